The van der Waals surface area contributed by atoms with Crippen molar-refractivity contribution in [1.82, 2.24) is 4.90 Å². The molecule has 1 aromatic rings. The van der Waals surface area contributed by atoms with E-state index in [4.69, 9.17) is 0 Å². The van der Waals surface area contributed by atoms with E-state index in [-0.39, 0.29) is 0 Å². The summed E-state index contributed by atoms with van der Waals surface area (Å²) in [6.07, 6.45) is -0.985. The molecule has 0 heterocycles. The van der Waals surface area contributed by atoms with Crippen LogP contribution < -0.4 is 0 Å². The van der Waals surface area contributed by atoms with Crippen molar-refractivity contribution in [2.45, 2.75) is 26.3 Å². The quantitative estimate of drug-likeness (QED) is 0.846. The summed E-state index contributed by atoms with van der Waals surface area (Å²) in [5, 5.41) is 9.21. The molecule has 0 fully saturated rings. The van der Waals surface area contributed by atoms with Crippen LogP contribution in [-0.4, -0.2) is 16.1 Å². The molecular formula is C13H17NO2. The molecule has 3 heteroatoms. The van der Waals surface area contributed by atoms with Gasteiger partial charge in [-0.1, -0.05) is 36.9 Å². The van der Waals surface area contributed by atoms with Crippen molar-refractivity contribution in [3.05, 3.63) is 48.2 Å². The second-order valence-electron chi connectivity index (χ2n) is 4.28. The molecule has 1 aromatic carbocycles. The lowest BCUT2D eigenvalue weighted by Gasteiger charge is -2.37. The van der Waals surface area contributed by atoms with Crippen molar-refractivity contribution in [1.29, 1.82) is 0 Å². The number of hydrogen-bond acceptors (Lipinski definition) is 1. The third-order valence-corrected chi connectivity index (χ3v) is 2.61. The van der Waals surface area contributed by atoms with E-state index in [1.807, 2.05) is 44.2 Å². The zero-order valence-electron chi connectivity index (χ0n) is 9.90. The monoisotopic (exact) mass is 219 g/mol. The molecule has 0 atom stereocenters. The van der Waals surface area contributed by atoms with Crippen LogP contribution in [0.15, 0.2) is 42.6 Å². The molecule has 0 spiro atoms. The van der Waals surface area contributed by atoms with E-state index >= 15 is 0 Å². The van der Waals surface area contributed by atoms with E-state index in [1.54, 1.807) is 6.92 Å². The largest absolute Gasteiger partial charge is 0.465 e. The van der Waals surface area contributed by atoms with Crippen LogP contribution in [0.25, 0.3) is 0 Å². The predicted molar refractivity (Wildman–Crippen MR) is 64.1 cm³/mol. The predicted octanol–water partition coefficient (Wildman–Crippen LogP) is 3.44. The Bertz CT molecular complexity index is 382. The van der Waals surface area contributed by atoms with Crippen molar-refractivity contribution in [2.24, 2.45) is 0 Å². The van der Waals surface area contributed by atoms with Crippen LogP contribution in [0.4, 0.5) is 4.79 Å². The maximum Gasteiger partial charge on any atom is 0.412 e. The van der Waals surface area contributed by atoms with E-state index in [9.17, 15) is 9.90 Å². The van der Waals surface area contributed by atoms with Gasteiger partial charge in [0.1, 0.15) is 0 Å². The molecule has 1 rings (SSSR count). The Kier molecular flexibility index (Phi) is 3.38. The van der Waals surface area contributed by atoms with Crippen LogP contribution in [-0.2, 0) is 5.54 Å². The Morgan fingerprint density at radius 1 is 1.31 bits per heavy atom. The summed E-state index contributed by atoms with van der Waals surface area (Å²) in [7, 11) is 0. The fourth-order valence-electron chi connectivity index (χ4n) is 1.85. The van der Waals surface area contributed by atoms with Gasteiger partial charge in [-0.3, -0.25) is 4.90 Å². The Morgan fingerprint density at radius 3 is 2.19 bits per heavy atom. The van der Waals surface area contributed by atoms with Gasteiger partial charge in [-0.15, -0.1) is 0 Å². The van der Waals surface area contributed by atoms with Crippen LogP contribution in [0.2, 0.25) is 0 Å². The number of benzene rings is 1. The van der Waals surface area contributed by atoms with E-state index in [1.165, 1.54) is 4.90 Å². The lowest BCUT2D eigenvalue weighted by atomic mass is 9.92. The van der Waals surface area contributed by atoms with Crippen LogP contribution >= 0.6 is 0 Å². The minimum atomic E-state index is -0.985. The Morgan fingerprint density at radius 2 is 1.81 bits per heavy atom. The topological polar surface area (TPSA) is 40.5 Å². The second kappa shape index (κ2) is 4.39. The van der Waals surface area contributed by atoms with Crippen molar-refractivity contribution in [3.63, 3.8) is 0 Å². The first kappa shape index (κ1) is 12.3. The summed E-state index contributed by atoms with van der Waals surface area (Å²) in [5.41, 5.74) is 0.848. The molecule has 0 aliphatic rings. The summed E-state index contributed by atoms with van der Waals surface area (Å²) in [4.78, 5) is 12.5. The van der Waals surface area contributed by atoms with Gasteiger partial charge in [0.15, 0.2) is 0 Å². The number of nitrogens with zero attached hydrogens (tertiary/aromatic N) is 1. The number of carbonyl (C=O) groups is 1. The van der Waals surface area contributed by atoms with Gasteiger partial charge in [0, 0.05) is 5.70 Å². The average molecular weight is 219 g/mol. The van der Waals surface area contributed by atoms with Gasteiger partial charge >= 0.3 is 6.09 Å². The summed E-state index contributed by atoms with van der Waals surface area (Å²) in [5.74, 6) is 0. The van der Waals surface area contributed by atoms with Crippen LogP contribution in [0.5, 0.6) is 0 Å². The molecule has 86 valence electrons. The van der Waals surface area contributed by atoms with E-state index in [0.29, 0.717) is 5.70 Å². The third kappa shape index (κ3) is 2.24. The highest BCUT2D eigenvalue weighted by Crippen LogP contribution is 2.30. The maximum absolute atomic E-state index is 11.2. The van der Waals surface area contributed by atoms with Crippen molar-refractivity contribution >= 4 is 6.09 Å². The maximum atomic E-state index is 11.2. The minimum Gasteiger partial charge on any atom is -0.465 e. The molecule has 0 bridgehead atoms. The van der Waals surface area contributed by atoms with Gasteiger partial charge in [-0.2, -0.15) is 0 Å². The molecule has 1 amide bonds. The highest BCUT2D eigenvalue weighted by Gasteiger charge is 2.32. The SMILES string of the molecule is C=C(C)N(C(=O)O)C(C)(C)c1ccccc1. The fraction of sp³-hybridized carbons (Fsp3) is 0.308. The second-order valence-corrected chi connectivity index (χ2v) is 4.28. The van der Waals surface area contributed by atoms with Gasteiger partial charge in [-0.25, -0.2) is 4.79 Å². The summed E-state index contributed by atoms with van der Waals surface area (Å²) >= 11 is 0. The van der Waals surface area contributed by atoms with Crippen molar-refractivity contribution in [2.75, 3.05) is 0 Å². The average Bonchev–Trinajstić information content (AvgIpc) is 2.17. The number of hydrogen-bond donors (Lipinski definition) is 1. The van der Waals surface area contributed by atoms with Crippen LogP contribution in [0, 0.1) is 0 Å². The first-order valence-electron chi connectivity index (χ1n) is 5.11. The molecule has 0 aliphatic carbocycles. The minimum absolute atomic E-state index is 0.515. The molecule has 0 unspecified atom stereocenters. The van der Waals surface area contributed by atoms with Gasteiger partial charge in [0.05, 0.1) is 5.54 Å². The number of amides is 1. The highest BCUT2D eigenvalue weighted by molar-refractivity contribution is 5.68. The number of allylic oxidation sites excluding steroid dienone is 1. The van der Waals surface area contributed by atoms with E-state index in [2.05, 4.69) is 6.58 Å². The highest BCUT2D eigenvalue weighted by atomic mass is 16.4. The lowest BCUT2D eigenvalue weighted by molar-refractivity contribution is 0.115. The van der Waals surface area contributed by atoms with E-state index < -0.39 is 11.6 Å². The molecule has 16 heavy (non-hydrogen) atoms. The standard InChI is InChI=1S/C13H17NO2/c1-10(2)14(12(15)16)13(3,4)11-8-6-5-7-9-11/h5-9H,1H2,2-4H3,(H,15,16). The zero-order valence-corrected chi connectivity index (χ0v) is 9.90. The Labute approximate surface area is 96.0 Å². The molecule has 3 nitrogen and oxygen atoms in total. The third-order valence-electron chi connectivity index (χ3n) is 2.61. The van der Waals surface area contributed by atoms with Gasteiger partial charge in [0.2, 0.25) is 0 Å². The van der Waals surface area contributed by atoms with E-state index in [0.717, 1.165) is 5.56 Å². The van der Waals surface area contributed by atoms with Gasteiger partial charge in [-0.05, 0) is 26.3 Å². The molecule has 0 aromatic heterocycles. The molecule has 0 aliphatic heterocycles. The normalized spacial score (nSPS) is 10.9. The number of rotatable bonds is 3. The summed E-state index contributed by atoms with van der Waals surface area (Å²) < 4.78 is 0. The molecular weight excluding hydrogens is 202 g/mol. The molecule has 0 saturated carbocycles. The fourth-order valence-corrected chi connectivity index (χ4v) is 1.85. The van der Waals surface area contributed by atoms with Crippen LogP contribution in [0.1, 0.15) is 26.3 Å². The van der Waals surface area contributed by atoms with Crippen molar-refractivity contribution < 1.29 is 9.90 Å². The van der Waals surface area contributed by atoms with Gasteiger partial charge in [0.25, 0.3) is 0 Å². The lowest BCUT2D eigenvalue weighted by Crippen LogP contribution is -2.43. The van der Waals surface area contributed by atoms with Gasteiger partial charge < -0.3 is 5.11 Å². The zero-order chi connectivity index (χ0) is 12.3. The smallest absolute Gasteiger partial charge is 0.412 e. The number of carboxylic acid groups (broad SMARTS) is 1. The van der Waals surface area contributed by atoms with Crippen molar-refractivity contribution in [3.8, 4) is 0 Å². The Hall–Kier alpha value is -1.77. The summed E-state index contributed by atoms with van der Waals surface area (Å²) in [6.45, 7) is 9.14. The molecule has 0 saturated heterocycles. The Balaban J connectivity index is 3.18. The van der Waals surface area contributed by atoms with Crippen LogP contribution in [0.3, 0.4) is 0 Å². The molecule has 0 radical (unpaired) electrons. The summed E-state index contributed by atoms with van der Waals surface area (Å²) in [6, 6.07) is 9.54. The first-order chi connectivity index (χ1) is 7.37. The molecule has 1 N–H and O–H groups in total. The first-order valence-corrected chi connectivity index (χ1v) is 5.11.